The van der Waals surface area contributed by atoms with Crippen molar-refractivity contribution < 1.29 is 14.3 Å². The maximum Gasteiger partial charge on any atom is 0.251 e. The van der Waals surface area contributed by atoms with Gasteiger partial charge in [-0.05, 0) is 36.8 Å². The van der Waals surface area contributed by atoms with E-state index in [1.165, 1.54) is 17.7 Å². The molecule has 2 atom stereocenters. The Morgan fingerprint density at radius 2 is 2.14 bits per heavy atom. The highest BCUT2D eigenvalue weighted by Gasteiger charge is 2.50. The minimum absolute atomic E-state index is 0.0625. The van der Waals surface area contributed by atoms with Crippen molar-refractivity contribution in [2.75, 3.05) is 51.4 Å². The first kappa shape index (κ1) is 21.1. The maximum atomic E-state index is 13.1. The van der Waals surface area contributed by atoms with Crippen LogP contribution in [0.25, 0.3) is 0 Å². The molecule has 2 heterocycles. The number of ether oxygens (including phenoxy) is 2. The highest BCUT2D eigenvalue weighted by atomic mass is 16.5. The van der Waals surface area contributed by atoms with Crippen LogP contribution in [-0.4, -0.2) is 63.4 Å². The largest absolute Gasteiger partial charge is 0.383 e. The summed E-state index contributed by atoms with van der Waals surface area (Å²) < 4.78 is 11.3. The van der Waals surface area contributed by atoms with E-state index in [9.17, 15) is 4.79 Å². The second-order valence-electron chi connectivity index (χ2n) is 8.72. The quantitative estimate of drug-likeness (QED) is 0.650. The number of hydrogen-bond acceptors (Lipinski definition) is 4. The van der Waals surface area contributed by atoms with E-state index < -0.39 is 0 Å². The summed E-state index contributed by atoms with van der Waals surface area (Å²) in [5.74, 6) is 0.801. The van der Waals surface area contributed by atoms with Crippen LogP contribution in [0.3, 0.4) is 0 Å². The number of anilines is 1. The molecule has 0 bridgehead atoms. The Morgan fingerprint density at radius 3 is 2.86 bits per heavy atom. The molecule has 5 nitrogen and oxygen atoms in total. The third-order valence-corrected chi connectivity index (χ3v) is 6.07. The number of methoxy groups -OCH3 is 1. The lowest BCUT2D eigenvalue weighted by molar-refractivity contribution is -0.141. The summed E-state index contributed by atoms with van der Waals surface area (Å²) in [4.78, 5) is 17.5. The van der Waals surface area contributed by atoms with Gasteiger partial charge < -0.3 is 19.3 Å². The van der Waals surface area contributed by atoms with Gasteiger partial charge in [-0.3, -0.25) is 4.79 Å². The summed E-state index contributed by atoms with van der Waals surface area (Å²) in [6, 6.07) is 8.69. The van der Waals surface area contributed by atoms with Crippen molar-refractivity contribution in [1.29, 1.82) is 0 Å². The van der Waals surface area contributed by atoms with Crippen molar-refractivity contribution in [1.82, 2.24) is 4.90 Å². The van der Waals surface area contributed by atoms with E-state index in [-0.39, 0.29) is 17.4 Å². The van der Waals surface area contributed by atoms with Crippen LogP contribution in [-0.2, 0) is 19.7 Å². The van der Waals surface area contributed by atoms with Gasteiger partial charge in [-0.2, -0.15) is 0 Å². The van der Waals surface area contributed by atoms with E-state index in [1.54, 1.807) is 7.11 Å². The molecule has 1 aromatic carbocycles. The van der Waals surface area contributed by atoms with Gasteiger partial charge in [0.15, 0.2) is 0 Å². The van der Waals surface area contributed by atoms with E-state index >= 15 is 0 Å². The zero-order valence-corrected chi connectivity index (χ0v) is 17.9. The molecule has 0 aliphatic carbocycles. The molecule has 0 unspecified atom stereocenters. The maximum absolute atomic E-state index is 13.1. The summed E-state index contributed by atoms with van der Waals surface area (Å²) in [6.45, 7) is 11.2. The van der Waals surface area contributed by atoms with E-state index in [0.29, 0.717) is 25.7 Å². The van der Waals surface area contributed by atoms with E-state index in [1.807, 2.05) is 4.90 Å². The van der Waals surface area contributed by atoms with Crippen LogP contribution < -0.4 is 4.90 Å². The molecule has 1 saturated heterocycles. The number of hydrogen-bond donors (Lipinski definition) is 0. The predicted molar refractivity (Wildman–Crippen MR) is 113 cm³/mol. The summed E-state index contributed by atoms with van der Waals surface area (Å²) in [5.41, 5.74) is 2.62. The van der Waals surface area contributed by atoms with Gasteiger partial charge >= 0.3 is 0 Å². The molecule has 156 valence electrons. The third-order valence-electron chi connectivity index (χ3n) is 6.07. The van der Waals surface area contributed by atoms with Crippen molar-refractivity contribution >= 4 is 11.6 Å². The number of fused-ring (bicyclic) bond motifs is 2. The van der Waals surface area contributed by atoms with Crippen molar-refractivity contribution in [3.63, 3.8) is 0 Å². The first-order chi connectivity index (χ1) is 13.5. The van der Waals surface area contributed by atoms with Gasteiger partial charge in [-0.25, -0.2) is 0 Å². The van der Waals surface area contributed by atoms with Gasteiger partial charge in [0.05, 0.1) is 13.2 Å². The molecule has 0 radical (unpaired) electrons. The van der Waals surface area contributed by atoms with E-state index in [2.05, 4.69) is 49.9 Å². The predicted octanol–water partition coefficient (Wildman–Crippen LogP) is 3.46. The Labute approximate surface area is 170 Å². The minimum atomic E-state index is -0.346. The number of rotatable bonds is 9. The monoisotopic (exact) mass is 388 g/mol. The lowest BCUT2D eigenvalue weighted by Crippen LogP contribution is -2.42. The number of amides is 1. The fourth-order valence-electron chi connectivity index (χ4n) is 4.54. The number of para-hydroxylation sites is 1. The summed E-state index contributed by atoms with van der Waals surface area (Å²) >= 11 is 0. The first-order valence-electron chi connectivity index (χ1n) is 10.7. The van der Waals surface area contributed by atoms with Gasteiger partial charge in [-0.15, -0.1) is 0 Å². The Balaban J connectivity index is 1.74. The molecule has 1 aromatic rings. The molecule has 28 heavy (non-hydrogen) atoms. The molecule has 2 aliphatic rings. The van der Waals surface area contributed by atoms with Gasteiger partial charge in [0.25, 0.3) is 5.91 Å². The van der Waals surface area contributed by atoms with Gasteiger partial charge in [-0.1, -0.05) is 39.0 Å². The van der Waals surface area contributed by atoms with Gasteiger partial charge in [0, 0.05) is 44.4 Å². The number of carbonyl (C=O) groups excluding carboxylic acids is 1. The molecule has 0 saturated carbocycles. The van der Waals surface area contributed by atoms with Crippen LogP contribution in [0.4, 0.5) is 5.69 Å². The van der Waals surface area contributed by atoms with Crippen molar-refractivity contribution in [2.24, 2.45) is 5.92 Å². The van der Waals surface area contributed by atoms with Crippen LogP contribution >= 0.6 is 0 Å². The van der Waals surface area contributed by atoms with Crippen molar-refractivity contribution in [2.45, 2.75) is 51.6 Å². The van der Waals surface area contributed by atoms with Crippen molar-refractivity contribution in [3.05, 3.63) is 29.8 Å². The fraction of sp³-hybridized carbons (Fsp3) is 0.696. The molecule has 5 heteroatoms. The molecular weight excluding hydrogens is 352 g/mol. The normalized spacial score (nSPS) is 23.6. The number of benzene rings is 1. The smallest absolute Gasteiger partial charge is 0.251 e. The highest BCUT2D eigenvalue weighted by Crippen LogP contribution is 2.47. The second kappa shape index (κ2) is 9.27. The van der Waals surface area contributed by atoms with E-state index in [0.717, 1.165) is 32.5 Å². The van der Waals surface area contributed by atoms with Crippen LogP contribution in [0.5, 0.6) is 0 Å². The molecule has 1 amide bonds. The minimum Gasteiger partial charge on any atom is -0.383 e. The van der Waals surface area contributed by atoms with Crippen LogP contribution in [0.2, 0.25) is 0 Å². The lowest BCUT2D eigenvalue weighted by atomic mass is 9.80. The Bertz CT molecular complexity index is 663. The Hall–Kier alpha value is -1.59. The Morgan fingerprint density at radius 1 is 1.36 bits per heavy atom. The lowest BCUT2D eigenvalue weighted by Gasteiger charge is -2.26. The molecule has 0 aromatic heterocycles. The third kappa shape index (κ3) is 4.36. The molecular formula is C23H36N2O3. The molecule has 1 fully saturated rings. The summed E-state index contributed by atoms with van der Waals surface area (Å²) in [5, 5.41) is 0. The van der Waals surface area contributed by atoms with Crippen LogP contribution in [0.15, 0.2) is 24.3 Å². The zero-order chi connectivity index (χ0) is 20.1. The van der Waals surface area contributed by atoms with Crippen LogP contribution in [0, 0.1) is 5.92 Å². The molecule has 3 rings (SSSR count). The zero-order valence-electron chi connectivity index (χ0n) is 17.9. The molecule has 0 N–H and O–H groups in total. The average molecular weight is 389 g/mol. The standard InChI is InChI=1S/C23H36N2O3/c1-5-11-24(13-14-27-4)22(26)21-15-23(17-28-21)16-25(12-10-18(2)3)20-9-7-6-8-19(20)23/h6-9,18,21H,5,10-17H2,1-4H3/t21-,23-/m0/s1. The Kier molecular flexibility index (Phi) is 7.00. The SMILES string of the molecule is CCCN(CCOC)C(=O)[C@@H]1C[C@@]2(CO1)CN(CCC(C)C)c1ccccc12. The van der Waals surface area contributed by atoms with Gasteiger partial charge in [0.1, 0.15) is 6.10 Å². The highest BCUT2D eigenvalue weighted by molar-refractivity contribution is 5.82. The van der Waals surface area contributed by atoms with E-state index in [4.69, 9.17) is 9.47 Å². The summed E-state index contributed by atoms with van der Waals surface area (Å²) in [7, 11) is 1.68. The van der Waals surface area contributed by atoms with Gasteiger partial charge in [0.2, 0.25) is 0 Å². The van der Waals surface area contributed by atoms with Crippen molar-refractivity contribution in [3.8, 4) is 0 Å². The average Bonchev–Trinajstić information content (AvgIpc) is 3.26. The molecule has 1 spiro atoms. The second-order valence-corrected chi connectivity index (χ2v) is 8.72. The fourth-order valence-corrected chi connectivity index (χ4v) is 4.54. The van der Waals surface area contributed by atoms with Crippen LogP contribution in [0.1, 0.15) is 45.6 Å². The topological polar surface area (TPSA) is 42.0 Å². The number of carbonyl (C=O) groups is 1. The number of nitrogens with zero attached hydrogens (tertiary/aromatic N) is 2. The molecule has 2 aliphatic heterocycles. The first-order valence-corrected chi connectivity index (χ1v) is 10.7. The summed E-state index contributed by atoms with van der Waals surface area (Å²) in [6.07, 6.45) is 2.55.